The number of carbonyl (C=O) groups is 2. The van der Waals surface area contributed by atoms with Crippen LogP contribution in [-0.4, -0.2) is 69.4 Å². The molecule has 0 aliphatic carbocycles. The molecular weight excluding hydrogens is 1010 g/mol. The van der Waals surface area contributed by atoms with Crippen molar-refractivity contribution >= 4 is 19.7 Å². The number of ether oxygens (including phenoxy) is 1. The average Bonchev–Trinajstić information content (AvgIpc) is 3.42. The van der Waals surface area contributed by atoms with E-state index in [1.807, 2.05) is 33.3 Å². The number of likely N-dealkylation sites (N-methyl/N-ethyl adjacent to an activating group) is 1. The normalized spacial score (nSPS) is 14.1. The number of phosphoric ester groups is 1. The molecule has 9 nitrogen and oxygen atoms in total. The van der Waals surface area contributed by atoms with Gasteiger partial charge in [0.1, 0.15) is 19.3 Å². The predicted octanol–water partition coefficient (Wildman–Crippen LogP) is 20.3. The Morgan fingerprint density at radius 3 is 1.20 bits per heavy atom. The lowest BCUT2D eigenvalue weighted by molar-refractivity contribution is -0.870. The highest BCUT2D eigenvalue weighted by Gasteiger charge is 2.27. The van der Waals surface area contributed by atoms with Crippen molar-refractivity contribution in [2.24, 2.45) is 0 Å². The van der Waals surface area contributed by atoms with Gasteiger partial charge in [-0.05, 0) is 83.1 Å². The number of rotatable bonds is 60. The minimum Gasteiger partial charge on any atom is -0.756 e. The van der Waals surface area contributed by atoms with Crippen LogP contribution in [0.25, 0.3) is 0 Å². The predicted molar refractivity (Wildman–Crippen MR) is 344 cm³/mol. The lowest BCUT2D eigenvalue weighted by Crippen LogP contribution is -2.47. The molecule has 0 aromatic rings. The van der Waals surface area contributed by atoms with Crippen LogP contribution in [0.3, 0.4) is 0 Å². The molecule has 0 aromatic carbocycles. The van der Waals surface area contributed by atoms with Gasteiger partial charge in [-0.3, -0.25) is 14.2 Å². The molecule has 80 heavy (non-hydrogen) atoms. The highest BCUT2D eigenvalue weighted by Crippen LogP contribution is 2.38. The van der Waals surface area contributed by atoms with Gasteiger partial charge in [0.2, 0.25) is 5.91 Å². The van der Waals surface area contributed by atoms with Crippen LogP contribution in [0.15, 0.2) is 85.1 Å². The van der Waals surface area contributed by atoms with E-state index in [-0.39, 0.29) is 24.9 Å². The molecule has 0 spiro atoms. The standard InChI is InChI=1S/C70H127N2O7P/c1-7-10-13-16-19-22-25-28-30-31-32-33-34-35-36-37-38-39-40-41-42-44-47-50-53-56-59-62-69(73)71-67(66-78-80(75,76)77-65-64-72(4,5)6)68(61-58-55-52-49-46-43-27-24-21-18-15-12-9-3)79-70(74)63-60-57-54-51-48-45-29-26-23-20-17-14-11-8-2/h10,13,19,22,28,30,32-33,35-36,38-39,58,61,67-68H,7-9,11-12,14-18,20-21,23-27,29,31,34,37,40-57,59-60,62-66H2,1-6H3,(H-,71,73,75,76)/b13-10-,22-19-,30-28-,33-32-,36-35-,39-38-,61-58-. The molecular formula is C70H127N2O7P. The highest BCUT2D eigenvalue weighted by molar-refractivity contribution is 7.45. The number of quaternary nitrogens is 1. The maximum absolute atomic E-state index is 13.6. The molecule has 0 bridgehead atoms. The van der Waals surface area contributed by atoms with Crippen LogP contribution < -0.4 is 10.2 Å². The Morgan fingerprint density at radius 1 is 0.450 bits per heavy atom. The van der Waals surface area contributed by atoms with Gasteiger partial charge in [-0.15, -0.1) is 0 Å². The second kappa shape index (κ2) is 59.4. The largest absolute Gasteiger partial charge is 0.756 e. The smallest absolute Gasteiger partial charge is 0.306 e. The van der Waals surface area contributed by atoms with Crippen LogP contribution >= 0.6 is 7.82 Å². The summed E-state index contributed by atoms with van der Waals surface area (Å²) >= 11 is 0. The molecule has 0 aliphatic heterocycles. The van der Waals surface area contributed by atoms with Crippen LogP contribution in [0.4, 0.5) is 0 Å². The van der Waals surface area contributed by atoms with Gasteiger partial charge in [-0.25, -0.2) is 0 Å². The zero-order chi connectivity index (χ0) is 58.6. The molecule has 0 saturated heterocycles. The van der Waals surface area contributed by atoms with Crippen molar-refractivity contribution in [1.29, 1.82) is 0 Å². The van der Waals surface area contributed by atoms with Crippen LogP contribution in [0, 0.1) is 0 Å². The van der Waals surface area contributed by atoms with Crippen molar-refractivity contribution in [2.75, 3.05) is 40.9 Å². The Morgan fingerprint density at radius 2 is 0.800 bits per heavy atom. The summed E-state index contributed by atoms with van der Waals surface area (Å²) < 4.78 is 30.4. The van der Waals surface area contributed by atoms with Crippen molar-refractivity contribution in [1.82, 2.24) is 5.32 Å². The molecule has 1 amide bonds. The highest BCUT2D eigenvalue weighted by atomic mass is 31.2. The zero-order valence-electron chi connectivity index (χ0n) is 53.0. The van der Waals surface area contributed by atoms with E-state index in [1.54, 1.807) is 0 Å². The monoisotopic (exact) mass is 1140 g/mol. The lowest BCUT2D eigenvalue weighted by Gasteiger charge is -2.30. The molecule has 10 heteroatoms. The van der Waals surface area contributed by atoms with Crippen molar-refractivity contribution in [3.63, 3.8) is 0 Å². The number of hydrogen-bond donors (Lipinski definition) is 1. The van der Waals surface area contributed by atoms with Gasteiger partial charge in [0.05, 0.1) is 33.8 Å². The summed E-state index contributed by atoms with van der Waals surface area (Å²) in [7, 11) is 1.18. The minimum absolute atomic E-state index is 0.0257. The topological polar surface area (TPSA) is 114 Å². The number of esters is 1. The first-order valence-corrected chi connectivity index (χ1v) is 34.9. The first-order chi connectivity index (χ1) is 38.9. The number of carbonyl (C=O) groups excluding carboxylic acids is 2. The molecule has 464 valence electrons. The number of phosphoric acid groups is 1. The van der Waals surface area contributed by atoms with Crippen LogP contribution in [0.1, 0.15) is 297 Å². The Bertz CT molecular complexity index is 1640. The summed E-state index contributed by atoms with van der Waals surface area (Å²) in [5.74, 6) is -0.544. The Balaban J connectivity index is 5.12. The SMILES string of the molecule is CC/C=C\C/C=C\C/C=C\C/C=C\C/C=C\C/C=C\CCCCCCCCCCC(=O)NC(COP(=O)([O-])OCC[N+](C)(C)C)C(/C=C\CCCCCCCCCCCCC)OC(=O)CCCCCCCCCCCCCCCC. The maximum atomic E-state index is 13.6. The fourth-order valence-corrected chi connectivity index (χ4v) is 10.2. The van der Waals surface area contributed by atoms with Crippen LogP contribution in [0.2, 0.25) is 0 Å². The van der Waals surface area contributed by atoms with E-state index < -0.39 is 26.6 Å². The number of nitrogens with one attached hydrogen (secondary N) is 1. The van der Waals surface area contributed by atoms with Gasteiger partial charge in [0.25, 0.3) is 7.82 Å². The molecule has 0 fully saturated rings. The second-order valence-electron chi connectivity index (χ2n) is 23.6. The number of nitrogens with zero attached hydrogens (tertiary/aromatic N) is 1. The van der Waals surface area contributed by atoms with E-state index in [4.69, 9.17) is 13.8 Å². The van der Waals surface area contributed by atoms with Crippen LogP contribution in [0.5, 0.6) is 0 Å². The van der Waals surface area contributed by atoms with E-state index in [0.29, 0.717) is 17.4 Å². The average molecular weight is 1140 g/mol. The number of amides is 1. The van der Waals surface area contributed by atoms with Crippen molar-refractivity contribution in [2.45, 2.75) is 309 Å². The molecule has 0 aromatic heterocycles. The van der Waals surface area contributed by atoms with E-state index in [2.05, 4.69) is 99.0 Å². The van der Waals surface area contributed by atoms with E-state index in [9.17, 15) is 19.0 Å². The maximum Gasteiger partial charge on any atom is 0.306 e. The third-order valence-electron chi connectivity index (χ3n) is 14.6. The second-order valence-corrected chi connectivity index (χ2v) is 25.0. The molecule has 1 N–H and O–H groups in total. The quantitative estimate of drug-likeness (QED) is 0.0212. The first-order valence-electron chi connectivity index (χ1n) is 33.4. The fourth-order valence-electron chi connectivity index (χ4n) is 9.47. The summed E-state index contributed by atoms with van der Waals surface area (Å²) in [6, 6.07) is -0.895. The Hall–Kier alpha value is -2.81. The van der Waals surface area contributed by atoms with Gasteiger partial charge < -0.3 is 28.5 Å². The van der Waals surface area contributed by atoms with Gasteiger partial charge in [0.15, 0.2) is 0 Å². The van der Waals surface area contributed by atoms with Gasteiger partial charge in [-0.2, -0.15) is 0 Å². The summed E-state index contributed by atoms with van der Waals surface area (Å²) in [5.41, 5.74) is 0. The first kappa shape index (κ1) is 77.2. The van der Waals surface area contributed by atoms with Gasteiger partial charge >= 0.3 is 5.97 Å². The van der Waals surface area contributed by atoms with Crippen molar-refractivity contribution < 1.29 is 37.3 Å². The van der Waals surface area contributed by atoms with E-state index >= 15 is 0 Å². The zero-order valence-corrected chi connectivity index (χ0v) is 53.9. The number of allylic oxidation sites excluding steroid dienone is 13. The summed E-state index contributed by atoms with van der Waals surface area (Å²) in [6.07, 6.45) is 78.3. The molecule has 0 heterocycles. The molecule has 0 aliphatic rings. The molecule has 0 saturated carbocycles. The Labute approximate surface area is 495 Å². The van der Waals surface area contributed by atoms with Crippen molar-refractivity contribution in [3.05, 3.63) is 85.1 Å². The number of hydrogen-bond acceptors (Lipinski definition) is 7. The third kappa shape index (κ3) is 59.8. The molecule has 3 atom stereocenters. The fraction of sp³-hybridized carbons (Fsp3) is 0.771. The molecule has 0 radical (unpaired) electrons. The van der Waals surface area contributed by atoms with Crippen molar-refractivity contribution in [3.8, 4) is 0 Å². The van der Waals surface area contributed by atoms with E-state index in [1.165, 1.54) is 154 Å². The van der Waals surface area contributed by atoms with Gasteiger partial charge in [-0.1, -0.05) is 286 Å². The molecule has 0 rings (SSSR count). The lowest BCUT2D eigenvalue weighted by atomic mass is 10.0. The molecule has 3 unspecified atom stereocenters. The van der Waals surface area contributed by atoms with E-state index in [0.717, 1.165) is 109 Å². The summed E-state index contributed by atoms with van der Waals surface area (Å²) in [6.45, 7) is 6.74. The minimum atomic E-state index is -4.71. The third-order valence-corrected chi connectivity index (χ3v) is 15.6. The number of unbranched alkanes of at least 4 members (excludes halogenated alkanes) is 32. The van der Waals surface area contributed by atoms with Gasteiger partial charge in [0, 0.05) is 12.8 Å². The Kier molecular flexibility index (Phi) is 57.3. The van der Waals surface area contributed by atoms with Crippen LogP contribution in [-0.2, 0) is 27.9 Å². The summed E-state index contributed by atoms with van der Waals surface area (Å²) in [4.78, 5) is 40.1. The summed E-state index contributed by atoms with van der Waals surface area (Å²) in [5, 5.41) is 3.03.